The van der Waals surface area contributed by atoms with Gasteiger partial charge in [0.15, 0.2) is 11.5 Å². The summed E-state index contributed by atoms with van der Waals surface area (Å²) in [7, 11) is 0. The van der Waals surface area contributed by atoms with Crippen molar-refractivity contribution in [1.29, 1.82) is 5.26 Å². The third-order valence-electron chi connectivity index (χ3n) is 3.12. The van der Waals surface area contributed by atoms with E-state index in [-0.39, 0.29) is 6.04 Å². The molecule has 0 unspecified atom stereocenters. The lowest BCUT2D eigenvalue weighted by atomic mass is 10.1. The molecule has 98 valence electrons. The van der Waals surface area contributed by atoms with Crippen LogP contribution in [-0.4, -0.2) is 19.9 Å². The maximum atomic E-state index is 8.80. The van der Waals surface area contributed by atoms with Gasteiger partial charge < -0.3 is 10.3 Å². The van der Waals surface area contributed by atoms with Crippen molar-refractivity contribution in [3.05, 3.63) is 48.0 Å². The van der Waals surface area contributed by atoms with Gasteiger partial charge in [-0.05, 0) is 24.6 Å². The highest BCUT2D eigenvalue weighted by Crippen LogP contribution is 2.21. The SMILES string of the molecule is C[C@@H](Nc1ncnc2nc[nH]c12)c1ccc(C#N)cc1. The molecule has 3 rings (SSSR count). The smallest absolute Gasteiger partial charge is 0.182 e. The molecule has 6 heteroatoms. The zero-order valence-corrected chi connectivity index (χ0v) is 10.8. The second kappa shape index (κ2) is 4.97. The molecule has 0 fully saturated rings. The molecule has 0 saturated heterocycles. The van der Waals surface area contributed by atoms with Gasteiger partial charge in [0.1, 0.15) is 11.8 Å². The van der Waals surface area contributed by atoms with Gasteiger partial charge in [-0.25, -0.2) is 15.0 Å². The van der Waals surface area contributed by atoms with Crippen LogP contribution in [0.5, 0.6) is 0 Å². The van der Waals surface area contributed by atoms with Gasteiger partial charge >= 0.3 is 0 Å². The van der Waals surface area contributed by atoms with Gasteiger partial charge in [-0.2, -0.15) is 5.26 Å². The Morgan fingerprint density at radius 2 is 2.00 bits per heavy atom. The number of nitrogens with one attached hydrogen (secondary N) is 2. The molecule has 6 nitrogen and oxygen atoms in total. The highest BCUT2D eigenvalue weighted by atomic mass is 15.1. The average molecular weight is 264 g/mol. The molecule has 0 bridgehead atoms. The van der Waals surface area contributed by atoms with E-state index >= 15 is 0 Å². The van der Waals surface area contributed by atoms with Gasteiger partial charge in [-0.15, -0.1) is 0 Å². The number of anilines is 1. The van der Waals surface area contributed by atoms with Gasteiger partial charge in [0.25, 0.3) is 0 Å². The zero-order chi connectivity index (χ0) is 13.9. The van der Waals surface area contributed by atoms with Crippen LogP contribution < -0.4 is 5.32 Å². The summed E-state index contributed by atoms with van der Waals surface area (Å²) in [6, 6.07) is 9.64. The second-order valence-electron chi connectivity index (χ2n) is 4.42. The molecule has 0 aliphatic carbocycles. The summed E-state index contributed by atoms with van der Waals surface area (Å²) in [5.74, 6) is 0.712. The minimum atomic E-state index is 0.0594. The van der Waals surface area contributed by atoms with Gasteiger partial charge in [0.05, 0.1) is 24.0 Å². The first kappa shape index (κ1) is 12.1. The number of nitriles is 1. The highest BCUT2D eigenvalue weighted by Gasteiger charge is 2.10. The van der Waals surface area contributed by atoms with Crippen molar-refractivity contribution in [3.8, 4) is 6.07 Å². The average Bonchev–Trinajstić information content (AvgIpc) is 2.97. The Labute approximate surface area is 115 Å². The molecule has 0 amide bonds. The number of rotatable bonds is 3. The summed E-state index contributed by atoms with van der Waals surface area (Å²) in [6.45, 7) is 2.03. The molecule has 1 atom stereocenters. The van der Waals surface area contributed by atoms with E-state index in [4.69, 9.17) is 5.26 Å². The van der Waals surface area contributed by atoms with Crippen LogP contribution in [0.1, 0.15) is 24.1 Å². The van der Waals surface area contributed by atoms with Crippen LogP contribution in [0, 0.1) is 11.3 Å². The lowest BCUT2D eigenvalue weighted by molar-refractivity contribution is 0.875. The Hall–Kier alpha value is -2.94. The molecule has 0 spiro atoms. The van der Waals surface area contributed by atoms with E-state index in [1.807, 2.05) is 19.1 Å². The largest absolute Gasteiger partial charge is 0.362 e. The summed E-state index contributed by atoms with van der Waals surface area (Å²) >= 11 is 0. The van der Waals surface area contributed by atoms with Crippen LogP contribution in [0.15, 0.2) is 36.9 Å². The minimum absolute atomic E-state index is 0.0594. The van der Waals surface area contributed by atoms with Crippen LogP contribution in [0.25, 0.3) is 11.2 Å². The molecule has 2 N–H and O–H groups in total. The first-order chi connectivity index (χ1) is 9.78. The van der Waals surface area contributed by atoms with Gasteiger partial charge in [0.2, 0.25) is 0 Å². The van der Waals surface area contributed by atoms with E-state index < -0.39 is 0 Å². The number of aromatic nitrogens is 4. The lowest BCUT2D eigenvalue weighted by Gasteiger charge is -2.15. The molecule has 2 heterocycles. The maximum absolute atomic E-state index is 8.80. The fourth-order valence-corrected chi connectivity index (χ4v) is 2.01. The topological polar surface area (TPSA) is 90.3 Å². The number of nitrogens with zero attached hydrogens (tertiary/aromatic N) is 4. The van der Waals surface area contributed by atoms with Crippen molar-refractivity contribution in [3.63, 3.8) is 0 Å². The van der Waals surface area contributed by atoms with E-state index in [2.05, 4.69) is 31.3 Å². The van der Waals surface area contributed by atoms with Crippen LogP contribution >= 0.6 is 0 Å². The molecule has 3 aromatic rings. The fourth-order valence-electron chi connectivity index (χ4n) is 2.01. The number of imidazole rings is 1. The van der Waals surface area contributed by atoms with Crippen molar-refractivity contribution in [2.45, 2.75) is 13.0 Å². The standard InChI is InChI=1S/C14H12N6/c1-9(11-4-2-10(6-15)3-5-11)20-14-12-13(17-7-16-12)18-8-19-14/h2-5,7-9H,1H3,(H2,16,17,18,19,20)/t9-/m1/s1. The number of hydrogen-bond acceptors (Lipinski definition) is 5. The summed E-state index contributed by atoms with van der Waals surface area (Å²) in [5.41, 5.74) is 3.15. The molecule has 0 aliphatic heterocycles. The number of H-pyrrole nitrogens is 1. The van der Waals surface area contributed by atoms with Crippen molar-refractivity contribution in [2.75, 3.05) is 5.32 Å². The normalized spacial score (nSPS) is 12.0. The molecule has 1 aromatic carbocycles. The molecule has 0 radical (unpaired) electrons. The fraction of sp³-hybridized carbons (Fsp3) is 0.143. The predicted molar refractivity (Wildman–Crippen MR) is 74.9 cm³/mol. The van der Waals surface area contributed by atoms with E-state index in [0.717, 1.165) is 11.1 Å². The van der Waals surface area contributed by atoms with E-state index in [1.54, 1.807) is 18.5 Å². The van der Waals surface area contributed by atoms with Gasteiger partial charge in [-0.1, -0.05) is 12.1 Å². The Morgan fingerprint density at radius 3 is 2.75 bits per heavy atom. The molecule has 20 heavy (non-hydrogen) atoms. The summed E-state index contributed by atoms with van der Waals surface area (Å²) in [4.78, 5) is 15.4. The van der Waals surface area contributed by atoms with Gasteiger partial charge in [0, 0.05) is 0 Å². The van der Waals surface area contributed by atoms with E-state index in [1.165, 1.54) is 6.33 Å². The number of benzene rings is 1. The van der Waals surface area contributed by atoms with Crippen LogP contribution in [0.3, 0.4) is 0 Å². The Morgan fingerprint density at radius 1 is 1.20 bits per heavy atom. The van der Waals surface area contributed by atoms with Crippen molar-refractivity contribution < 1.29 is 0 Å². The maximum Gasteiger partial charge on any atom is 0.182 e. The molecule has 0 saturated carbocycles. The van der Waals surface area contributed by atoms with Crippen molar-refractivity contribution >= 4 is 17.0 Å². The quantitative estimate of drug-likeness (QED) is 0.758. The van der Waals surface area contributed by atoms with Crippen molar-refractivity contribution in [1.82, 2.24) is 19.9 Å². The number of hydrogen-bond donors (Lipinski definition) is 2. The number of aromatic amines is 1. The van der Waals surface area contributed by atoms with Crippen LogP contribution in [0.2, 0.25) is 0 Å². The third kappa shape index (κ3) is 2.17. The predicted octanol–water partition coefficient (Wildman–Crippen LogP) is 2.40. The first-order valence-corrected chi connectivity index (χ1v) is 6.18. The lowest BCUT2D eigenvalue weighted by Crippen LogP contribution is -2.08. The molecule has 2 aromatic heterocycles. The van der Waals surface area contributed by atoms with Crippen molar-refractivity contribution in [2.24, 2.45) is 0 Å². The first-order valence-electron chi connectivity index (χ1n) is 6.18. The Kier molecular flexibility index (Phi) is 3.01. The summed E-state index contributed by atoms with van der Waals surface area (Å²) < 4.78 is 0. The third-order valence-corrected chi connectivity index (χ3v) is 3.12. The highest BCUT2D eigenvalue weighted by molar-refractivity contribution is 5.82. The van der Waals surface area contributed by atoms with E-state index in [0.29, 0.717) is 17.0 Å². The van der Waals surface area contributed by atoms with Crippen LogP contribution in [-0.2, 0) is 0 Å². The molecular weight excluding hydrogens is 252 g/mol. The molecule has 0 aliphatic rings. The minimum Gasteiger partial charge on any atom is -0.362 e. The summed E-state index contributed by atoms with van der Waals surface area (Å²) in [5, 5.41) is 12.1. The molecular formula is C14H12N6. The monoisotopic (exact) mass is 264 g/mol. The Bertz CT molecular complexity index is 768. The second-order valence-corrected chi connectivity index (χ2v) is 4.42. The van der Waals surface area contributed by atoms with Crippen LogP contribution in [0.4, 0.5) is 5.82 Å². The zero-order valence-electron chi connectivity index (χ0n) is 10.8. The van der Waals surface area contributed by atoms with E-state index in [9.17, 15) is 0 Å². The number of fused-ring (bicyclic) bond motifs is 1. The van der Waals surface area contributed by atoms with Gasteiger partial charge in [-0.3, -0.25) is 0 Å². The Balaban J connectivity index is 1.86. The summed E-state index contributed by atoms with van der Waals surface area (Å²) in [6.07, 6.45) is 3.08.